The number of aromatic nitrogens is 1. The third kappa shape index (κ3) is 4.10. The molecular weight excluding hydrogens is 334 g/mol. The molecule has 0 amide bonds. The summed E-state index contributed by atoms with van der Waals surface area (Å²) >= 11 is 0. The predicted molar refractivity (Wildman–Crippen MR) is 87.0 cm³/mol. The van der Waals surface area contributed by atoms with Gasteiger partial charge in [-0.1, -0.05) is 30.7 Å². The van der Waals surface area contributed by atoms with Gasteiger partial charge in [0, 0.05) is 13.1 Å². The van der Waals surface area contributed by atoms with Crippen molar-refractivity contribution in [3.05, 3.63) is 58.9 Å². The Kier molecular flexibility index (Phi) is 5.53. The molecule has 1 fully saturated rings. The van der Waals surface area contributed by atoms with E-state index in [4.69, 9.17) is 0 Å². The third-order valence-corrected chi connectivity index (χ3v) is 4.41. The fourth-order valence-corrected chi connectivity index (χ4v) is 3.07. The summed E-state index contributed by atoms with van der Waals surface area (Å²) in [6, 6.07) is 7.49. The number of halogens is 4. The molecule has 0 unspecified atom stereocenters. The lowest BCUT2D eigenvalue weighted by atomic mass is 10.0. The molecule has 0 saturated carbocycles. The van der Waals surface area contributed by atoms with Crippen molar-refractivity contribution in [1.29, 1.82) is 0 Å². The Balaban J connectivity index is 1.76. The van der Waals surface area contributed by atoms with Crippen LogP contribution in [0, 0.1) is 23.5 Å². The molecule has 0 radical (unpaired) electrons. The van der Waals surface area contributed by atoms with Gasteiger partial charge < -0.3 is 5.32 Å². The average Bonchev–Trinajstić information content (AvgIpc) is 2.62. The van der Waals surface area contributed by atoms with Crippen molar-refractivity contribution in [3.63, 3.8) is 0 Å². The highest BCUT2D eigenvalue weighted by atomic mass is 19.2. The molecule has 1 N–H and O–H groups in total. The number of nitrogens with zero attached hydrogens (tertiary/aromatic N) is 2. The van der Waals surface area contributed by atoms with E-state index in [1.807, 2.05) is 24.3 Å². The Bertz CT molecular complexity index is 719. The topological polar surface area (TPSA) is 28.2 Å². The standard InChI is InChI=1S/C18H19F4N3/c19-14-16(15(20)18(22)24-17(14)21)23-10-12-6-2-3-7-13(12)11-25-8-4-1-5-9-25/h2-3,6-7H,1,4-5,8-11H2,(H,23,24). The summed E-state index contributed by atoms with van der Waals surface area (Å²) in [7, 11) is 0. The number of likely N-dealkylation sites (tertiary alicyclic amines) is 1. The minimum absolute atomic E-state index is 0.0563. The monoisotopic (exact) mass is 353 g/mol. The summed E-state index contributed by atoms with van der Waals surface area (Å²) < 4.78 is 53.8. The van der Waals surface area contributed by atoms with E-state index in [2.05, 4.69) is 15.2 Å². The van der Waals surface area contributed by atoms with Crippen molar-refractivity contribution in [2.45, 2.75) is 32.4 Å². The zero-order chi connectivity index (χ0) is 17.8. The summed E-state index contributed by atoms with van der Waals surface area (Å²) in [6.07, 6.45) is 3.55. The zero-order valence-corrected chi connectivity index (χ0v) is 13.7. The van der Waals surface area contributed by atoms with Crippen LogP contribution in [0.5, 0.6) is 0 Å². The highest BCUT2D eigenvalue weighted by Gasteiger charge is 2.21. The minimum atomic E-state index is -1.66. The minimum Gasteiger partial charge on any atom is -0.376 e. The van der Waals surface area contributed by atoms with Gasteiger partial charge >= 0.3 is 0 Å². The lowest BCUT2D eigenvalue weighted by molar-refractivity contribution is 0.220. The number of pyridine rings is 1. The first-order valence-corrected chi connectivity index (χ1v) is 8.29. The second-order valence-corrected chi connectivity index (χ2v) is 6.16. The van der Waals surface area contributed by atoms with Crippen molar-refractivity contribution in [1.82, 2.24) is 9.88 Å². The van der Waals surface area contributed by atoms with Crippen molar-refractivity contribution >= 4 is 5.69 Å². The molecule has 7 heteroatoms. The van der Waals surface area contributed by atoms with Gasteiger partial charge in [-0.05, 0) is 37.1 Å². The Morgan fingerprint density at radius 1 is 0.880 bits per heavy atom. The van der Waals surface area contributed by atoms with Crippen LogP contribution in [0.2, 0.25) is 0 Å². The molecule has 2 heterocycles. The summed E-state index contributed by atoms with van der Waals surface area (Å²) in [6.45, 7) is 2.83. The zero-order valence-electron chi connectivity index (χ0n) is 13.7. The van der Waals surface area contributed by atoms with Gasteiger partial charge in [0.05, 0.1) is 0 Å². The van der Waals surface area contributed by atoms with Crippen molar-refractivity contribution in [3.8, 4) is 0 Å². The maximum Gasteiger partial charge on any atom is 0.253 e. The van der Waals surface area contributed by atoms with Crippen LogP contribution in [0.15, 0.2) is 24.3 Å². The molecule has 134 valence electrons. The summed E-state index contributed by atoms with van der Waals surface area (Å²) in [5.41, 5.74) is 1.01. The Hall–Kier alpha value is -2.15. The van der Waals surface area contributed by atoms with Crippen LogP contribution in [0.4, 0.5) is 23.2 Å². The molecule has 3 nitrogen and oxygen atoms in total. The summed E-state index contributed by atoms with van der Waals surface area (Å²) in [5.74, 6) is -6.37. The van der Waals surface area contributed by atoms with E-state index in [-0.39, 0.29) is 6.54 Å². The second kappa shape index (κ2) is 7.82. The lowest BCUT2D eigenvalue weighted by Gasteiger charge is -2.27. The number of nitrogens with one attached hydrogen (secondary N) is 1. The first-order chi connectivity index (χ1) is 12.1. The number of anilines is 1. The van der Waals surface area contributed by atoms with E-state index < -0.39 is 29.2 Å². The van der Waals surface area contributed by atoms with Gasteiger partial charge in [0.2, 0.25) is 11.6 Å². The fraction of sp³-hybridized carbons (Fsp3) is 0.389. The summed E-state index contributed by atoms with van der Waals surface area (Å²) in [5, 5.41) is 2.47. The molecular formula is C18H19F4N3. The molecule has 25 heavy (non-hydrogen) atoms. The molecule has 3 rings (SSSR count). The van der Waals surface area contributed by atoms with E-state index in [1.54, 1.807) is 0 Å². The molecule has 2 aromatic rings. The van der Waals surface area contributed by atoms with Crippen LogP contribution in [-0.2, 0) is 13.1 Å². The van der Waals surface area contributed by atoms with Gasteiger partial charge in [-0.2, -0.15) is 22.5 Å². The molecule has 1 saturated heterocycles. The van der Waals surface area contributed by atoms with Crippen LogP contribution in [0.25, 0.3) is 0 Å². The van der Waals surface area contributed by atoms with Gasteiger partial charge in [0.25, 0.3) is 11.9 Å². The third-order valence-electron chi connectivity index (χ3n) is 4.41. The average molecular weight is 353 g/mol. The van der Waals surface area contributed by atoms with Gasteiger partial charge in [-0.25, -0.2) is 0 Å². The molecule has 1 aliphatic rings. The normalized spacial score (nSPS) is 15.4. The molecule has 1 aromatic heterocycles. The molecule has 1 aromatic carbocycles. The number of hydrogen-bond acceptors (Lipinski definition) is 3. The second-order valence-electron chi connectivity index (χ2n) is 6.16. The largest absolute Gasteiger partial charge is 0.376 e. The Morgan fingerprint density at radius 3 is 2.12 bits per heavy atom. The van der Waals surface area contributed by atoms with Gasteiger partial charge in [-0.3, -0.25) is 4.90 Å². The van der Waals surface area contributed by atoms with Crippen LogP contribution in [0.3, 0.4) is 0 Å². The summed E-state index contributed by atoms with van der Waals surface area (Å²) in [4.78, 5) is 4.88. The van der Waals surface area contributed by atoms with Crippen molar-refractivity contribution < 1.29 is 17.6 Å². The Morgan fingerprint density at radius 2 is 1.48 bits per heavy atom. The Labute approximate surface area is 143 Å². The molecule has 0 bridgehead atoms. The number of hydrogen-bond donors (Lipinski definition) is 1. The van der Waals surface area contributed by atoms with E-state index in [0.717, 1.165) is 43.6 Å². The quantitative estimate of drug-likeness (QED) is 0.644. The first kappa shape index (κ1) is 17.7. The smallest absolute Gasteiger partial charge is 0.253 e. The maximum absolute atomic E-state index is 13.7. The lowest BCUT2D eigenvalue weighted by Crippen LogP contribution is -2.29. The maximum atomic E-state index is 13.7. The van der Waals surface area contributed by atoms with Crippen molar-refractivity contribution in [2.24, 2.45) is 0 Å². The molecule has 0 atom stereocenters. The van der Waals surface area contributed by atoms with E-state index >= 15 is 0 Å². The molecule has 0 spiro atoms. The van der Waals surface area contributed by atoms with Crippen LogP contribution in [0.1, 0.15) is 30.4 Å². The number of piperidine rings is 1. The van der Waals surface area contributed by atoms with Crippen LogP contribution in [-0.4, -0.2) is 23.0 Å². The van der Waals surface area contributed by atoms with Gasteiger partial charge in [0.15, 0.2) is 0 Å². The highest BCUT2D eigenvalue weighted by Crippen LogP contribution is 2.23. The molecule has 1 aliphatic heterocycles. The van der Waals surface area contributed by atoms with Gasteiger partial charge in [-0.15, -0.1) is 0 Å². The van der Waals surface area contributed by atoms with Crippen LogP contribution >= 0.6 is 0 Å². The predicted octanol–water partition coefficient (Wildman–Crippen LogP) is 4.24. The highest BCUT2D eigenvalue weighted by molar-refractivity contribution is 5.46. The fourth-order valence-electron chi connectivity index (χ4n) is 3.07. The first-order valence-electron chi connectivity index (χ1n) is 8.29. The van der Waals surface area contributed by atoms with Gasteiger partial charge in [0.1, 0.15) is 5.69 Å². The molecule has 0 aliphatic carbocycles. The van der Waals surface area contributed by atoms with E-state index in [1.165, 1.54) is 6.42 Å². The van der Waals surface area contributed by atoms with E-state index in [0.29, 0.717) is 0 Å². The SMILES string of the molecule is Fc1nc(F)c(F)c(NCc2ccccc2CN2CCCCC2)c1F. The number of benzene rings is 1. The van der Waals surface area contributed by atoms with Crippen molar-refractivity contribution in [2.75, 3.05) is 18.4 Å². The van der Waals surface area contributed by atoms with Crippen LogP contribution < -0.4 is 5.32 Å². The number of rotatable bonds is 5. The van der Waals surface area contributed by atoms with E-state index in [9.17, 15) is 17.6 Å².